The van der Waals surface area contributed by atoms with Gasteiger partial charge < -0.3 is 14.6 Å². The summed E-state index contributed by atoms with van der Waals surface area (Å²) in [6.07, 6.45) is 1.82. The minimum Gasteiger partial charge on any atom is -0.481 e. The molecule has 0 aliphatic carbocycles. The summed E-state index contributed by atoms with van der Waals surface area (Å²) in [6, 6.07) is 13.3. The van der Waals surface area contributed by atoms with Gasteiger partial charge in [-0.3, -0.25) is 14.4 Å². The SMILES string of the molecule is Cc1ccccc1-c1c[nH]c(=O)c2cc(O[C@H](C)C(=O)N3CCC(=O)CC3)ccc12. The van der Waals surface area contributed by atoms with Crippen molar-refractivity contribution in [1.82, 2.24) is 9.88 Å². The summed E-state index contributed by atoms with van der Waals surface area (Å²) in [5, 5.41) is 1.34. The van der Waals surface area contributed by atoms with E-state index in [0.29, 0.717) is 37.1 Å². The number of hydrogen-bond donors (Lipinski definition) is 1. The Balaban J connectivity index is 1.61. The van der Waals surface area contributed by atoms with E-state index in [2.05, 4.69) is 4.98 Å². The van der Waals surface area contributed by atoms with Crippen LogP contribution < -0.4 is 10.3 Å². The summed E-state index contributed by atoms with van der Waals surface area (Å²) in [5.74, 6) is 0.500. The van der Waals surface area contributed by atoms with Gasteiger partial charge in [0, 0.05) is 37.7 Å². The molecule has 1 N–H and O–H groups in total. The van der Waals surface area contributed by atoms with Crippen molar-refractivity contribution in [1.29, 1.82) is 0 Å². The zero-order chi connectivity index (χ0) is 21.3. The van der Waals surface area contributed by atoms with Crippen LogP contribution in [0.5, 0.6) is 5.75 Å². The maximum absolute atomic E-state index is 12.6. The lowest BCUT2D eigenvalue weighted by Crippen LogP contribution is -2.44. The number of ketones is 1. The van der Waals surface area contributed by atoms with Gasteiger partial charge in [-0.2, -0.15) is 0 Å². The summed E-state index contributed by atoms with van der Waals surface area (Å²) in [5.41, 5.74) is 2.90. The number of carbonyl (C=O) groups excluding carboxylic acids is 2. The van der Waals surface area contributed by atoms with E-state index in [4.69, 9.17) is 4.74 Å². The Bertz CT molecular complexity index is 1170. The second-order valence-electron chi connectivity index (χ2n) is 7.68. The average molecular weight is 404 g/mol. The highest BCUT2D eigenvalue weighted by Gasteiger charge is 2.26. The number of pyridine rings is 1. The Morgan fingerprint density at radius 1 is 1.03 bits per heavy atom. The Labute approximate surface area is 174 Å². The Hall–Kier alpha value is -3.41. The number of H-pyrrole nitrogens is 1. The van der Waals surface area contributed by atoms with Gasteiger partial charge in [-0.1, -0.05) is 24.3 Å². The van der Waals surface area contributed by atoms with Crippen LogP contribution in [0.2, 0.25) is 0 Å². The molecule has 1 fully saturated rings. The van der Waals surface area contributed by atoms with Gasteiger partial charge in [0.05, 0.1) is 5.39 Å². The van der Waals surface area contributed by atoms with E-state index in [9.17, 15) is 14.4 Å². The number of aryl methyl sites for hydroxylation is 1. The lowest BCUT2D eigenvalue weighted by Gasteiger charge is -2.28. The highest BCUT2D eigenvalue weighted by atomic mass is 16.5. The molecule has 1 saturated heterocycles. The number of nitrogens with zero attached hydrogens (tertiary/aromatic N) is 1. The molecule has 1 aliphatic heterocycles. The van der Waals surface area contributed by atoms with Crippen molar-refractivity contribution in [3.8, 4) is 16.9 Å². The fourth-order valence-corrected chi connectivity index (χ4v) is 3.90. The first-order valence-corrected chi connectivity index (χ1v) is 10.1. The number of hydrogen-bond acceptors (Lipinski definition) is 4. The van der Waals surface area contributed by atoms with Crippen LogP contribution in [0.1, 0.15) is 25.3 Å². The second-order valence-corrected chi connectivity index (χ2v) is 7.68. The molecule has 0 spiro atoms. The van der Waals surface area contributed by atoms with Crippen LogP contribution in [0.4, 0.5) is 0 Å². The first-order valence-electron chi connectivity index (χ1n) is 10.1. The lowest BCUT2D eigenvalue weighted by atomic mass is 9.97. The second kappa shape index (κ2) is 8.14. The van der Waals surface area contributed by atoms with Gasteiger partial charge >= 0.3 is 0 Å². The summed E-state index contributed by atoms with van der Waals surface area (Å²) >= 11 is 0. The molecule has 154 valence electrons. The van der Waals surface area contributed by atoms with E-state index in [1.54, 1.807) is 30.2 Å². The number of aromatic nitrogens is 1. The molecule has 1 atom stereocenters. The highest BCUT2D eigenvalue weighted by molar-refractivity contribution is 5.97. The quantitative estimate of drug-likeness (QED) is 0.722. The number of carbonyl (C=O) groups is 2. The van der Waals surface area contributed by atoms with Crippen molar-refractivity contribution in [3.05, 3.63) is 64.6 Å². The van der Waals surface area contributed by atoms with Crippen molar-refractivity contribution < 1.29 is 14.3 Å². The van der Waals surface area contributed by atoms with E-state index in [1.807, 2.05) is 37.3 Å². The Kier molecular flexibility index (Phi) is 5.40. The van der Waals surface area contributed by atoms with Crippen LogP contribution in [0, 0.1) is 6.92 Å². The van der Waals surface area contributed by atoms with Crippen molar-refractivity contribution in [2.45, 2.75) is 32.8 Å². The van der Waals surface area contributed by atoms with Gasteiger partial charge in [-0.15, -0.1) is 0 Å². The van der Waals surface area contributed by atoms with Gasteiger partial charge in [0.15, 0.2) is 6.10 Å². The van der Waals surface area contributed by atoms with E-state index in [0.717, 1.165) is 22.1 Å². The number of nitrogens with one attached hydrogen (secondary N) is 1. The molecule has 1 amide bonds. The molecular formula is C24H24N2O4. The minimum absolute atomic E-state index is 0.148. The van der Waals surface area contributed by atoms with Gasteiger partial charge in [-0.25, -0.2) is 0 Å². The summed E-state index contributed by atoms with van der Waals surface area (Å²) in [7, 11) is 0. The van der Waals surface area contributed by atoms with Gasteiger partial charge in [0.1, 0.15) is 11.5 Å². The smallest absolute Gasteiger partial charge is 0.263 e. The minimum atomic E-state index is -0.700. The zero-order valence-corrected chi connectivity index (χ0v) is 17.1. The molecule has 30 heavy (non-hydrogen) atoms. The van der Waals surface area contributed by atoms with Crippen LogP contribution >= 0.6 is 0 Å². The monoisotopic (exact) mass is 404 g/mol. The van der Waals surface area contributed by atoms with Gasteiger partial charge in [0.2, 0.25) is 0 Å². The summed E-state index contributed by atoms with van der Waals surface area (Å²) in [4.78, 5) is 41.0. The third-order valence-corrected chi connectivity index (χ3v) is 5.60. The van der Waals surface area contributed by atoms with E-state index in [1.165, 1.54) is 0 Å². The van der Waals surface area contributed by atoms with Crippen molar-refractivity contribution in [2.24, 2.45) is 0 Å². The van der Waals surface area contributed by atoms with Crippen molar-refractivity contribution in [2.75, 3.05) is 13.1 Å². The highest BCUT2D eigenvalue weighted by Crippen LogP contribution is 2.30. The van der Waals surface area contributed by atoms with Crippen LogP contribution in [-0.4, -0.2) is 40.8 Å². The molecule has 1 aliphatic rings. The molecule has 3 aromatic rings. The number of piperidine rings is 1. The topological polar surface area (TPSA) is 79.5 Å². The van der Waals surface area contributed by atoms with Crippen molar-refractivity contribution in [3.63, 3.8) is 0 Å². The molecule has 2 heterocycles. The van der Waals surface area contributed by atoms with Crippen LogP contribution in [-0.2, 0) is 9.59 Å². The maximum Gasteiger partial charge on any atom is 0.263 e. The number of benzene rings is 2. The Morgan fingerprint density at radius 3 is 2.50 bits per heavy atom. The van der Waals surface area contributed by atoms with E-state index in [-0.39, 0.29) is 17.2 Å². The first-order chi connectivity index (χ1) is 14.4. The molecule has 0 unspecified atom stereocenters. The number of likely N-dealkylation sites (tertiary alicyclic amines) is 1. The average Bonchev–Trinajstić information content (AvgIpc) is 2.75. The van der Waals surface area contributed by atoms with Crippen LogP contribution in [0.25, 0.3) is 21.9 Å². The normalized spacial score (nSPS) is 15.3. The molecule has 0 radical (unpaired) electrons. The molecule has 4 rings (SSSR count). The first kappa shape index (κ1) is 19.9. The Morgan fingerprint density at radius 2 is 1.77 bits per heavy atom. The molecule has 2 aromatic carbocycles. The number of rotatable bonds is 4. The zero-order valence-electron chi connectivity index (χ0n) is 17.1. The van der Waals surface area contributed by atoms with Crippen LogP contribution in [0.3, 0.4) is 0 Å². The van der Waals surface area contributed by atoms with Gasteiger partial charge in [-0.05, 0) is 48.6 Å². The van der Waals surface area contributed by atoms with Crippen LogP contribution in [0.15, 0.2) is 53.5 Å². The summed E-state index contributed by atoms with van der Waals surface area (Å²) in [6.45, 7) is 4.59. The van der Waals surface area contributed by atoms with E-state index >= 15 is 0 Å². The number of fused-ring (bicyclic) bond motifs is 1. The molecule has 0 saturated carbocycles. The molecule has 1 aromatic heterocycles. The third-order valence-electron chi connectivity index (χ3n) is 5.60. The molecule has 6 heteroatoms. The number of aromatic amines is 1. The largest absolute Gasteiger partial charge is 0.481 e. The fourth-order valence-electron chi connectivity index (χ4n) is 3.90. The lowest BCUT2D eigenvalue weighted by molar-refractivity contribution is -0.140. The molecule has 0 bridgehead atoms. The van der Waals surface area contributed by atoms with Gasteiger partial charge in [0.25, 0.3) is 11.5 Å². The summed E-state index contributed by atoms with van der Waals surface area (Å²) < 4.78 is 5.86. The van der Waals surface area contributed by atoms with Crippen molar-refractivity contribution >= 4 is 22.5 Å². The number of amides is 1. The standard InChI is InChI=1S/C24H24N2O4/c1-15-5-3-4-6-19(15)22-14-25-23(28)21-13-18(7-8-20(21)22)30-16(2)24(29)26-11-9-17(27)10-12-26/h3-8,13-14,16H,9-12H2,1-2H3,(H,25,28)/t16-/m1/s1. The third kappa shape index (κ3) is 3.85. The predicted octanol–water partition coefficient (Wildman–Crippen LogP) is 3.46. The maximum atomic E-state index is 12.6. The molecule has 6 nitrogen and oxygen atoms in total. The predicted molar refractivity (Wildman–Crippen MR) is 116 cm³/mol. The molecular weight excluding hydrogens is 380 g/mol. The number of ether oxygens (including phenoxy) is 1. The number of Topliss-reactive ketones (excluding diaryl/α,β-unsaturated/α-hetero) is 1. The fraction of sp³-hybridized carbons (Fsp3) is 0.292. The van der Waals surface area contributed by atoms with E-state index < -0.39 is 6.10 Å².